The van der Waals surface area contributed by atoms with E-state index < -0.39 is 6.04 Å². The zero-order valence-electron chi connectivity index (χ0n) is 14.3. The van der Waals surface area contributed by atoms with Crippen LogP contribution in [0.2, 0.25) is 0 Å². The number of urea groups is 1. The van der Waals surface area contributed by atoms with Crippen LogP contribution in [-0.2, 0) is 9.53 Å². The van der Waals surface area contributed by atoms with E-state index in [9.17, 15) is 9.59 Å². The molecule has 1 aromatic rings. The van der Waals surface area contributed by atoms with Crippen LogP contribution >= 0.6 is 11.8 Å². The van der Waals surface area contributed by atoms with Crippen molar-refractivity contribution in [3.05, 3.63) is 47.2 Å². The Morgan fingerprint density at radius 2 is 2.00 bits per heavy atom. The van der Waals surface area contributed by atoms with Crippen molar-refractivity contribution in [1.29, 1.82) is 0 Å². The van der Waals surface area contributed by atoms with Crippen LogP contribution < -0.4 is 10.6 Å². The standard InChI is InChI=1S/C18H23N3O3S/c1-2-24-17(22)15-14(12-21-8-10-25-11-9-21)19-18(23)20-16(15)13-6-4-3-5-7-13/h3-7,16H,2,8-12H2,1H3,(H2,19,20,23)/t16-/m1/s1. The molecule has 1 atom stereocenters. The van der Waals surface area contributed by atoms with Gasteiger partial charge >= 0.3 is 12.0 Å². The van der Waals surface area contributed by atoms with E-state index in [0.29, 0.717) is 24.4 Å². The van der Waals surface area contributed by atoms with Gasteiger partial charge in [-0.25, -0.2) is 9.59 Å². The molecule has 0 radical (unpaired) electrons. The number of benzene rings is 1. The first-order valence-corrected chi connectivity index (χ1v) is 9.67. The van der Waals surface area contributed by atoms with Gasteiger partial charge in [-0.05, 0) is 12.5 Å². The summed E-state index contributed by atoms with van der Waals surface area (Å²) >= 11 is 1.92. The summed E-state index contributed by atoms with van der Waals surface area (Å²) in [6.45, 7) is 4.52. The lowest BCUT2D eigenvalue weighted by molar-refractivity contribution is -0.139. The summed E-state index contributed by atoms with van der Waals surface area (Å²) < 4.78 is 5.28. The molecule has 2 N–H and O–H groups in total. The Balaban J connectivity index is 1.96. The highest BCUT2D eigenvalue weighted by Gasteiger charge is 2.34. The Hall–Kier alpha value is -1.99. The van der Waals surface area contributed by atoms with E-state index in [-0.39, 0.29) is 12.0 Å². The van der Waals surface area contributed by atoms with Gasteiger partial charge in [-0.15, -0.1) is 0 Å². The first-order chi connectivity index (χ1) is 12.2. The fourth-order valence-electron chi connectivity index (χ4n) is 3.07. The van der Waals surface area contributed by atoms with Crippen LogP contribution in [0.3, 0.4) is 0 Å². The van der Waals surface area contributed by atoms with Crippen LogP contribution in [0.25, 0.3) is 0 Å². The predicted molar refractivity (Wildman–Crippen MR) is 98.3 cm³/mol. The summed E-state index contributed by atoms with van der Waals surface area (Å²) in [6.07, 6.45) is 0. The second-order valence-electron chi connectivity index (χ2n) is 5.94. The molecule has 7 heteroatoms. The minimum Gasteiger partial charge on any atom is -0.463 e. The van der Waals surface area contributed by atoms with E-state index >= 15 is 0 Å². The van der Waals surface area contributed by atoms with Gasteiger partial charge in [-0.2, -0.15) is 11.8 Å². The van der Waals surface area contributed by atoms with Crippen LogP contribution in [0, 0.1) is 0 Å². The Bertz CT molecular complexity index is 657. The van der Waals surface area contributed by atoms with Gasteiger partial charge in [0.1, 0.15) is 0 Å². The zero-order chi connectivity index (χ0) is 17.6. The summed E-state index contributed by atoms with van der Waals surface area (Å²) in [5, 5.41) is 5.69. The number of hydrogen-bond acceptors (Lipinski definition) is 5. The van der Waals surface area contributed by atoms with Crippen molar-refractivity contribution < 1.29 is 14.3 Å². The largest absolute Gasteiger partial charge is 0.463 e. The molecule has 2 heterocycles. The minimum atomic E-state index is -0.497. The van der Waals surface area contributed by atoms with Gasteiger partial charge in [0, 0.05) is 36.8 Å². The first-order valence-electron chi connectivity index (χ1n) is 8.51. The van der Waals surface area contributed by atoms with Crippen molar-refractivity contribution in [2.75, 3.05) is 37.7 Å². The average Bonchev–Trinajstić information content (AvgIpc) is 2.63. The molecule has 1 aromatic carbocycles. The van der Waals surface area contributed by atoms with E-state index in [2.05, 4.69) is 15.5 Å². The van der Waals surface area contributed by atoms with Crippen molar-refractivity contribution >= 4 is 23.8 Å². The highest BCUT2D eigenvalue weighted by molar-refractivity contribution is 7.99. The summed E-state index contributed by atoms with van der Waals surface area (Å²) in [4.78, 5) is 27.1. The molecule has 0 saturated carbocycles. The van der Waals surface area contributed by atoms with Gasteiger partial charge < -0.3 is 15.4 Å². The molecule has 0 bridgehead atoms. The molecular formula is C18H23N3O3S. The molecule has 0 unspecified atom stereocenters. The molecule has 0 spiro atoms. The Morgan fingerprint density at radius 3 is 2.68 bits per heavy atom. The lowest BCUT2D eigenvalue weighted by Gasteiger charge is -2.33. The molecule has 134 valence electrons. The number of thioether (sulfide) groups is 1. The molecular weight excluding hydrogens is 338 g/mol. The Labute approximate surface area is 152 Å². The van der Waals surface area contributed by atoms with E-state index in [4.69, 9.17) is 4.74 Å². The maximum absolute atomic E-state index is 12.6. The number of nitrogens with zero attached hydrogens (tertiary/aromatic N) is 1. The lowest BCUT2D eigenvalue weighted by atomic mass is 9.95. The third-order valence-electron chi connectivity index (χ3n) is 4.27. The lowest BCUT2D eigenvalue weighted by Crippen LogP contribution is -2.49. The highest BCUT2D eigenvalue weighted by Crippen LogP contribution is 2.28. The Kier molecular flexibility index (Phi) is 5.99. The molecule has 6 nitrogen and oxygen atoms in total. The van der Waals surface area contributed by atoms with Crippen molar-refractivity contribution in [3.8, 4) is 0 Å². The maximum Gasteiger partial charge on any atom is 0.338 e. The third kappa shape index (κ3) is 4.35. The quantitative estimate of drug-likeness (QED) is 0.784. The molecule has 0 aromatic heterocycles. The second kappa shape index (κ2) is 8.40. The van der Waals surface area contributed by atoms with Crippen LogP contribution in [0.5, 0.6) is 0 Å². The van der Waals surface area contributed by atoms with Crippen molar-refractivity contribution in [2.24, 2.45) is 0 Å². The van der Waals surface area contributed by atoms with Gasteiger partial charge in [0.15, 0.2) is 0 Å². The maximum atomic E-state index is 12.6. The summed E-state index contributed by atoms with van der Waals surface area (Å²) in [5.74, 6) is 1.75. The van der Waals surface area contributed by atoms with E-state index in [1.807, 2.05) is 42.1 Å². The molecule has 1 fully saturated rings. The van der Waals surface area contributed by atoms with Crippen LogP contribution in [0.15, 0.2) is 41.6 Å². The molecule has 1 saturated heterocycles. The molecule has 0 aliphatic carbocycles. The monoisotopic (exact) mass is 361 g/mol. The van der Waals surface area contributed by atoms with E-state index in [1.54, 1.807) is 6.92 Å². The summed E-state index contributed by atoms with van der Waals surface area (Å²) in [5.41, 5.74) is 2.00. The topological polar surface area (TPSA) is 70.7 Å². The molecule has 3 rings (SSSR count). The number of carbonyl (C=O) groups is 2. The van der Waals surface area contributed by atoms with Gasteiger partial charge in [-0.1, -0.05) is 30.3 Å². The summed E-state index contributed by atoms with van der Waals surface area (Å²) in [7, 11) is 0. The van der Waals surface area contributed by atoms with E-state index in [1.165, 1.54) is 0 Å². The van der Waals surface area contributed by atoms with Crippen LogP contribution in [0.4, 0.5) is 4.79 Å². The molecule has 25 heavy (non-hydrogen) atoms. The van der Waals surface area contributed by atoms with Crippen molar-refractivity contribution in [2.45, 2.75) is 13.0 Å². The zero-order valence-corrected chi connectivity index (χ0v) is 15.1. The second-order valence-corrected chi connectivity index (χ2v) is 7.17. The fourth-order valence-corrected chi connectivity index (χ4v) is 4.05. The van der Waals surface area contributed by atoms with Crippen molar-refractivity contribution in [1.82, 2.24) is 15.5 Å². The third-order valence-corrected chi connectivity index (χ3v) is 5.21. The van der Waals surface area contributed by atoms with Gasteiger partial charge in [-0.3, -0.25) is 4.90 Å². The smallest absolute Gasteiger partial charge is 0.338 e. The number of carbonyl (C=O) groups excluding carboxylic acids is 2. The fraction of sp³-hybridized carbons (Fsp3) is 0.444. The van der Waals surface area contributed by atoms with E-state index in [0.717, 1.165) is 30.2 Å². The number of esters is 1. The number of nitrogens with one attached hydrogen (secondary N) is 2. The van der Waals surface area contributed by atoms with Crippen LogP contribution in [-0.4, -0.2) is 54.6 Å². The SMILES string of the molecule is CCOC(=O)C1=C(CN2CCSCC2)NC(=O)N[C@@H]1c1ccccc1. The van der Waals surface area contributed by atoms with Crippen molar-refractivity contribution in [3.63, 3.8) is 0 Å². The number of rotatable bonds is 5. The van der Waals surface area contributed by atoms with Crippen LogP contribution in [0.1, 0.15) is 18.5 Å². The number of hydrogen-bond donors (Lipinski definition) is 2. The molecule has 2 aliphatic heterocycles. The molecule has 2 aliphatic rings. The summed E-state index contributed by atoms with van der Waals surface area (Å²) in [6, 6.07) is 8.73. The van der Waals surface area contributed by atoms with Gasteiger partial charge in [0.05, 0.1) is 18.2 Å². The average molecular weight is 361 g/mol. The van der Waals surface area contributed by atoms with Gasteiger partial charge in [0.2, 0.25) is 0 Å². The minimum absolute atomic E-state index is 0.289. The predicted octanol–water partition coefficient (Wildman–Crippen LogP) is 1.91. The van der Waals surface area contributed by atoms with Gasteiger partial charge in [0.25, 0.3) is 0 Å². The highest BCUT2D eigenvalue weighted by atomic mass is 32.2. The first kappa shape index (κ1) is 17.8. The normalized spacial score (nSPS) is 21.5. The molecule has 2 amide bonds. The number of ether oxygens (including phenoxy) is 1. The number of amides is 2. The Morgan fingerprint density at radius 1 is 1.28 bits per heavy atom.